The first-order chi connectivity index (χ1) is 8.00. The minimum atomic E-state index is -0.615. The topological polar surface area (TPSA) is 37.3 Å². The van der Waals surface area contributed by atoms with Crippen LogP contribution in [0.25, 0.3) is 0 Å². The van der Waals surface area contributed by atoms with E-state index in [1.165, 1.54) is 18.4 Å². The van der Waals surface area contributed by atoms with Crippen LogP contribution in [-0.4, -0.2) is 11.1 Å². The van der Waals surface area contributed by atoms with Gasteiger partial charge in [-0.25, -0.2) is 0 Å². The number of aliphatic carboxylic acids is 1. The summed E-state index contributed by atoms with van der Waals surface area (Å²) in [6.07, 6.45) is 6.96. The van der Waals surface area contributed by atoms with Gasteiger partial charge < -0.3 is 5.11 Å². The van der Waals surface area contributed by atoms with Crippen molar-refractivity contribution >= 4 is 5.97 Å². The van der Waals surface area contributed by atoms with Gasteiger partial charge in [0.25, 0.3) is 0 Å². The maximum absolute atomic E-state index is 11.2. The molecule has 2 rings (SSSR count). The molecule has 0 spiro atoms. The van der Waals surface area contributed by atoms with Crippen LogP contribution < -0.4 is 0 Å². The van der Waals surface area contributed by atoms with Gasteiger partial charge in [-0.15, -0.1) is 0 Å². The number of carboxylic acids is 1. The zero-order chi connectivity index (χ0) is 12.6. The van der Waals surface area contributed by atoms with E-state index in [1.54, 1.807) is 0 Å². The molecule has 2 heteroatoms. The average molecular weight is 236 g/mol. The molecule has 0 aromatic heterocycles. The number of hydrogen-bond acceptors (Lipinski definition) is 1. The van der Waals surface area contributed by atoms with Gasteiger partial charge in [0.2, 0.25) is 0 Å². The van der Waals surface area contributed by atoms with Gasteiger partial charge in [-0.05, 0) is 49.9 Å². The van der Waals surface area contributed by atoms with Gasteiger partial charge >= 0.3 is 5.97 Å². The molecule has 0 aromatic rings. The molecule has 0 saturated heterocycles. The molecule has 96 valence electrons. The van der Waals surface area contributed by atoms with Crippen LogP contribution in [0.4, 0.5) is 0 Å². The normalized spacial score (nSPS) is 39.1. The Morgan fingerprint density at radius 1 is 1.41 bits per heavy atom. The Balaban J connectivity index is 2.19. The summed E-state index contributed by atoms with van der Waals surface area (Å²) in [6, 6.07) is 0. The summed E-state index contributed by atoms with van der Waals surface area (Å²) >= 11 is 0. The average Bonchev–Trinajstić information content (AvgIpc) is 2.28. The van der Waals surface area contributed by atoms with Crippen LogP contribution in [0.15, 0.2) is 11.6 Å². The molecule has 0 bridgehead atoms. The fourth-order valence-electron chi connectivity index (χ4n) is 3.93. The van der Waals surface area contributed by atoms with Crippen LogP contribution in [0.3, 0.4) is 0 Å². The highest BCUT2D eigenvalue weighted by Crippen LogP contribution is 2.48. The third-order valence-corrected chi connectivity index (χ3v) is 5.11. The third-order valence-electron chi connectivity index (χ3n) is 5.11. The van der Waals surface area contributed by atoms with E-state index in [0.29, 0.717) is 11.8 Å². The van der Waals surface area contributed by atoms with Crippen molar-refractivity contribution in [2.75, 3.05) is 0 Å². The zero-order valence-electron chi connectivity index (χ0n) is 11.1. The Kier molecular flexibility index (Phi) is 3.60. The number of fused-ring (bicyclic) bond motifs is 1. The fraction of sp³-hybridized carbons (Fsp3) is 0.800. The van der Waals surface area contributed by atoms with Crippen molar-refractivity contribution in [1.29, 1.82) is 0 Å². The lowest BCUT2D eigenvalue weighted by Crippen LogP contribution is -2.40. The predicted octanol–water partition coefficient (Wildman–Crippen LogP) is 3.73. The molecular weight excluding hydrogens is 212 g/mol. The van der Waals surface area contributed by atoms with Gasteiger partial charge in [0, 0.05) is 0 Å². The standard InChI is InChI=1S/C15H24O2/c1-9-4-6-12-10(2)5-7-13(14(12)8-9)11(3)15(16)17/h4,10-14H,5-8H2,1-3H3,(H,16,17)/t10-,11-,12+,13+,14-/m1/s1. The quantitative estimate of drug-likeness (QED) is 0.742. The first-order valence-electron chi connectivity index (χ1n) is 6.89. The zero-order valence-corrected chi connectivity index (χ0v) is 11.1. The van der Waals surface area contributed by atoms with E-state index < -0.39 is 5.97 Å². The molecule has 0 amide bonds. The van der Waals surface area contributed by atoms with Crippen molar-refractivity contribution in [2.45, 2.75) is 46.5 Å². The lowest BCUT2D eigenvalue weighted by Gasteiger charge is -2.45. The molecule has 1 fully saturated rings. The lowest BCUT2D eigenvalue weighted by atomic mass is 9.59. The molecule has 1 N–H and O–H groups in total. The van der Waals surface area contributed by atoms with E-state index >= 15 is 0 Å². The first kappa shape index (κ1) is 12.7. The van der Waals surface area contributed by atoms with Gasteiger partial charge in [0.15, 0.2) is 0 Å². The Morgan fingerprint density at radius 2 is 2.12 bits per heavy atom. The molecule has 0 radical (unpaired) electrons. The Morgan fingerprint density at radius 3 is 2.76 bits per heavy atom. The van der Waals surface area contributed by atoms with Gasteiger partial charge in [0.1, 0.15) is 0 Å². The Bertz CT molecular complexity index is 332. The lowest BCUT2D eigenvalue weighted by molar-refractivity contribution is -0.145. The maximum atomic E-state index is 11.2. The molecule has 17 heavy (non-hydrogen) atoms. The monoisotopic (exact) mass is 236 g/mol. The summed E-state index contributed by atoms with van der Waals surface area (Å²) in [5.74, 6) is 1.68. The molecule has 0 aliphatic heterocycles. The summed E-state index contributed by atoms with van der Waals surface area (Å²) in [4.78, 5) is 11.2. The van der Waals surface area contributed by atoms with Crippen molar-refractivity contribution in [3.8, 4) is 0 Å². The van der Waals surface area contributed by atoms with E-state index in [2.05, 4.69) is 19.9 Å². The maximum Gasteiger partial charge on any atom is 0.306 e. The van der Waals surface area contributed by atoms with Crippen molar-refractivity contribution in [1.82, 2.24) is 0 Å². The third kappa shape index (κ3) is 2.41. The minimum Gasteiger partial charge on any atom is -0.481 e. The van der Waals surface area contributed by atoms with Crippen molar-refractivity contribution < 1.29 is 9.90 Å². The number of allylic oxidation sites excluding steroid dienone is 2. The molecule has 2 aliphatic rings. The largest absolute Gasteiger partial charge is 0.481 e. The number of rotatable bonds is 2. The number of carbonyl (C=O) groups is 1. The van der Waals surface area contributed by atoms with Crippen LogP contribution >= 0.6 is 0 Å². The van der Waals surface area contributed by atoms with E-state index in [9.17, 15) is 9.90 Å². The smallest absolute Gasteiger partial charge is 0.306 e. The Hall–Kier alpha value is -0.790. The molecular formula is C15H24O2. The van der Waals surface area contributed by atoms with Gasteiger partial charge in [-0.3, -0.25) is 4.79 Å². The number of carboxylic acid groups (broad SMARTS) is 1. The van der Waals surface area contributed by atoms with Crippen molar-refractivity contribution in [2.24, 2.45) is 29.6 Å². The summed E-state index contributed by atoms with van der Waals surface area (Å²) < 4.78 is 0. The highest BCUT2D eigenvalue weighted by atomic mass is 16.4. The minimum absolute atomic E-state index is 0.180. The van der Waals surface area contributed by atoms with Crippen LogP contribution in [-0.2, 0) is 4.79 Å². The second-order valence-corrected chi connectivity index (χ2v) is 6.16. The van der Waals surface area contributed by atoms with E-state index in [-0.39, 0.29) is 5.92 Å². The van der Waals surface area contributed by atoms with Crippen LogP contribution in [0.1, 0.15) is 46.5 Å². The molecule has 0 heterocycles. The fourth-order valence-corrected chi connectivity index (χ4v) is 3.93. The highest BCUT2D eigenvalue weighted by molar-refractivity contribution is 5.70. The first-order valence-corrected chi connectivity index (χ1v) is 6.89. The molecule has 2 aliphatic carbocycles. The van der Waals surface area contributed by atoms with Crippen molar-refractivity contribution in [3.05, 3.63) is 11.6 Å². The van der Waals surface area contributed by atoms with E-state index in [0.717, 1.165) is 24.7 Å². The summed E-state index contributed by atoms with van der Waals surface area (Å²) in [6.45, 7) is 6.43. The second-order valence-electron chi connectivity index (χ2n) is 6.16. The second kappa shape index (κ2) is 4.83. The van der Waals surface area contributed by atoms with Crippen LogP contribution in [0, 0.1) is 29.6 Å². The molecule has 0 aromatic carbocycles. The SMILES string of the molecule is CC1=CC[C@@H]2[C@@H](C1)[C@H]([C@@H](C)C(=O)O)CC[C@H]2C. The molecule has 1 saturated carbocycles. The van der Waals surface area contributed by atoms with Gasteiger partial charge in [-0.2, -0.15) is 0 Å². The van der Waals surface area contributed by atoms with Gasteiger partial charge in [-0.1, -0.05) is 31.9 Å². The Labute approximate surface area is 104 Å². The van der Waals surface area contributed by atoms with E-state index in [4.69, 9.17) is 0 Å². The summed E-state index contributed by atoms with van der Waals surface area (Å²) in [5, 5.41) is 9.24. The summed E-state index contributed by atoms with van der Waals surface area (Å²) in [7, 11) is 0. The van der Waals surface area contributed by atoms with Crippen LogP contribution in [0.5, 0.6) is 0 Å². The highest BCUT2D eigenvalue weighted by Gasteiger charge is 2.42. The van der Waals surface area contributed by atoms with Gasteiger partial charge in [0.05, 0.1) is 5.92 Å². The van der Waals surface area contributed by atoms with Crippen LogP contribution in [0.2, 0.25) is 0 Å². The van der Waals surface area contributed by atoms with Crippen molar-refractivity contribution in [3.63, 3.8) is 0 Å². The molecule has 5 atom stereocenters. The molecule has 2 nitrogen and oxygen atoms in total. The predicted molar refractivity (Wildman–Crippen MR) is 68.7 cm³/mol. The summed E-state index contributed by atoms with van der Waals surface area (Å²) in [5.41, 5.74) is 1.46. The van der Waals surface area contributed by atoms with E-state index in [1.807, 2.05) is 6.92 Å². The molecule has 0 unspecified atom stereocenters. The number of hydrogen-bond donors (Lipinski definition) is 1.